The molecule has 1 N–H and O–H groups in total. The SMILES string of the molecule is O=C(COc1ccccc1)NCC12C=CC(C3CCCCC3)(O1)C1(C3CCCCC3)C(C3CCCCC3)N(C3CCCCC3)C(C3CCCCC3)C21C1CCCCC1. The lowest BCUT2D eigenvalue weighted by atomic mass is 9.35. The van der Waals surface area contributed by atoms with Gasteiger partial charge in [-0.1, -0.05) is 146 Å². The van der Waals surface area contributed by atoms with Crippen LogP contribution in [0.25, 0.3) is 0 Å². The van der Waals surface area contributed by atoms with Crippen molar-refractivity contribution >= 4 is 5.91 Å². The van der Waals surface area contributed by atoms with E-state index in [4.69, 9.17) is 9.47 Å². The summed E-state index contributed by atoms with van der Waals surface area (Å²) >= 11 is 0. The Morgan fingerprint density at radius 1 is 0.569 bits per heavy atom. The van der Waals surface area contributed by atoms with E-state index in [-0.39, 0.29) is 28.9 Å². The van der Waals surface area contributed by atoms with Crippen LogP contribution < -0.4 is 10.1 Å². The second kappa shape index (κ2) is 17.1. The number of carbonyl (C=O) groups excluding carboxylic acids is 1. The molecule has 6 atom stereocenters. The topological polar surface area (TPSA) is 50.8 Å². The normalized spacial score (nSPS) is 38.9. The average Bonchev–Trinajstić information content (AvgIpc) is 3.92. The van der Waals surface area contributed by atoms with Crippen molar-refractivity contribution < 1.29 is 14.3 Å². The second-order valence-corrected chi connectivity index (χ2v) is 21.7. The summed E-state index contributed by atoms with van der Waals surface area (Å²) in [6.45, 7) is 0.672. The zero-order valence-electron chi connectivity index (χ0n) is 36.5. The summed E-state index contributed by atoms with van der Waals surface area (Å²) in [6.07, 6.45) is 47.3. The molecule has 3 aliphatic heterocycles. The van der Waals surface area contributed by atoms with Crippen molar-refractivity contribution in [1.82, 2.24) is 10.2 Å². The van der Waals surface area contributed by atoms with E-state index < -0.39 is 5.60 Å². The molecule has 8 fully saturated rings. The Labute approximate surface area is 353 Å². The van der Waals surface area contributed by atoms with Gasteiger partial charge in [0, 0.05) is 29.0 Å². The zero-order chi connectivity index (χ0) is 39.0. The van der Waals surface area contributed by atoms with Gasteiger partial charge in [0.1, 0.15) is 11.4 Å². The van der Waals surface area contributed by atoms with Crippen molar-refractivity contribution in [2.75, 3.05) is 13.2 Å². The van der Waals surface area contributed by atoms with Gasteiger partial charge in [0.05, 0.1) is 12.1 Å². The number of likely N-dealkylation sites (tertiary alicyclic amines) is 1. The maximum Gasteiger partial charge on any atom is 0.258 e. The molecule has 0 radical (unpaired) electrons. The van der Waals surface area contributed by atoms with Crippen LogP contribution in [-0.4, -0.2) is 53.3 Å². The molecule has 1 aromatic rings. The van der Waals surface area contributed by atoms with Crippen molar-refractivity contribution in [3.05, 3.63) is 42.5 Å². The number of hydrogen-bond acceptors (Lipinski definition) is 4. The maximum absolute atomic E-state index is 14.3. The lowest BCUT2D eigenvalue weighted by molar-refractivity contribution is -0.161. The van der Waals surface area contributed by atoms with Crippen LogP contribution in [0.5, 0.6) is 5.75 Å². The maximum atomic E-state index is 14.3. The lowest BCUT2D eigenvalue weighted by Gasteiger charge is -2.65. The number of benzene rings is 1. The molecule has 1 amide bonds. The Morgan fingerprint density at radius 2 is 1.03 bits per heavy atom. The summed E-state index contributed by atoms with van der Waals surface area (Å²) in [5, 5.41) is 3.68. The zero-order valence-corrected chi connectivity index (χ0v) is 36.5. The fourth-order valence-electron chi connectivity index (χ4n) is 17.5. The van der Waals surface area contributed by atoms with E-state index in [1.54, 1.807) is 0 Å². The molecule has 0 spiro atoms. The largest absolute Gasteiger partial charge is 0.484 e. The van der Waals surface area contributed by atoms with Crippen LogP contribution in [0.2, 0.25) is 0 Å². The molecule has 6 saturated carbocycles. The number of rotatable bonds is 11. The molecule has 9 aliphatic rings. The van der Waals surface area contributed by atoms with E-state index in [1.165, 1.54) is 193 Å². The lowest BCUT2D eigenvalue weighted by Crippen LogP contribution is -2.71. The molecule has 6 aliphatic carbocycles. The number of para-hydroxylation sites is 1. The molecule has 5 nitrogen and oxygen atoms in total. The molecular weight excluding hydrogens is 713 g/mol. The van der Waals surface area contributed by atoms with Gasteiger partial charge < -0.3 is 14.8 Å². The van der Waals surface area contributed by atoms with Gasteiger partial charge in [-0.15, -0.1) is 0 Å². The fraction of sp³-hybridized carbons (Fsp3) is 0.830. The van der Waals surface area contributed by atoms with E-state index in [0.717, 1.165) is 17.6 Å². The first-order valence-electron chi connectivity index (χ1n) is 25.8. The Balaban J connectivity index is 1.22. The number of hydrogen-bond donors (Lipinski definition) is 1. The summed E-state index contributed by atoms with van der Waals surface area (Å²) < 4.78 is 14.8. The predicted octanol–water partition coefficient (Wildman–Crippen LogP) is 12.5. The van der Waals surface area contributed by atoms with Gasteiger partial charge in [-0.25, -0.2) is 0 Å². The number of carbonyl (C=O) groups is 1. The summed E-state index contributed by atoms with van der Waals surface area (Å²) in [6, 6.07) is 11.8. The molecule has 3 heterocycles. The summed E-state index contributed by atoms with van der Waals surface area (Å²) in [4.78, 5) is 17.8. The molecule has 10 rings (SSSR count). The molecule has 58 heavy (non-hydrogen) atoms. The first-order chi connectivity index (χ1) is 28.6. The van der Waals surface area contributed by atoms with E-state index in [9.17, 15) is 4.79 Å². The monoisotopic (exact) mass is 793 g/mol. The van der Waals surface area contributed by atoms with Crippen molar-refractivity contribution in [2.45, 2.75) is 222 Å². The number of ether oxygens (including phenoxy) is 2. The van der Waals surface area contributed by atoms with Crippen LogP contribution in [0.4, 0.5) is 0 Å². The Hall–Kier alpha value is -1.85. The van der Waals surface area contributed by atoms with E-state index >= 15 is 0 Å². The first-order valence-corrected chi connectivity index (χ1v) is 25.8. The van der Waals surface area contributed by atoms with Crippen molar-refractivity contribution in [1.29, 1.82) is 0 Å². The summed E-state index contributed by atoms with van der Waals surface area (Å²) in [5.74, 6) is 4.18. The van der Waals surface area contributed by atoms with Gasteiger partial charge in [-0.3, -0.25) is 9.69 Å². The minimum absolute atomic E-state index is 0.0102. The third kappa shape index (κ3) is 6.35. The van der Waals surface area contributed by atoms with Crippen LogP contribution >= 0.6 is 0 Å². The van der Waals surface area contributed by atoms with Gasteiger partial charge in [0.25, 0.3) is 5.91 Å². The minimum atomic E-state index is -0.495. The molecule has 2 bridgehead atoms. The molecule has 6 unspecified atom stereocenters. The van der Waals surface area contributed by atoms with Crippen molar-refractivity contribution in [2.24, 2.45) is 40.4 Å². The Morgan fingerprint density at radius 3 is 1.59 bits per heavy atom. The Kier molecular flexibility index (Phi) is 11.9. The van der Waals surface area contributed by atoms with Crippen LogP contribution in [0.1, 0.15) is 193 Å². The van der Waals surface area contributed by atoms with Gasteiger partial charge in [-0.05, 0) is 119 Å². The molecule has 2 saturated heterocycles. The smallest absolute Gasteiger partial charge is 0.258 e. The molecule has 320 valence electrons. The fourth-order valence-corrected chi connectivity index (χ4v) is 17.5. The van der Waals surface area contributed by atoms with Gasteiger partial charge in [-0.2, -0.15) is 0 Å². The third-order valence-electron chi connectivity index (χ3n) is 19.1. The highest BCUT2D eigenvalue weighted by Crippen LogP contribution is 2.85. The van der Waals surface area contributed by atoms with Crippen LogP contribution in [0, 0.1) is 40.4 Å². The molecular formula is C53H80N2O3. The number of amides is 1. The highest BCUT2D eigenvalue weighted by Gasteiger charge is 2.91. The van der Waals surface area contributed by atoms with Gasteiger partial charge in [0.2, 0.25) is 0 Å². The van der Waals surface area contributed by atoms with Crippen molar-refractivity contribution in [3.63, 3.8) is 0 Å². The highest BCUT2D eigenvalue weighted by atomic mass is 16.5. The standard InChI is InChI=1S/C53H80N2O3/c56-47(38-57-46-34-20-7-21-35-46)54-39-50-36-37-51(58-50,42-26-12-3-13-27-42)53(44-30-16-5-17-31-44)49(41-24-10-2-11-25-41)55(45-32-18-6-19-33-45)48(40-22-8-1-9-23-40)52(50,53)43-28-14-4-15-29-43/h7,20-21,34-37,40-45,48-49H,1-6,8-19,22-33,38-39H2,(H,54,56). The van der Waals surface area contributed by atoms with E-state index in [2.05, 4.69) is 22.4 Å². The summed E-state index contributed by atoms with van der Waals surface area (Å²) in [7, 11) is 0. The van der Waals surface area contributed by atoms with Crippen molar-refractivity contribution in [3.8, 4) is 5.75 Å². The number of nitrogens with zero attached hydrogens (tertiary/aromatic N) is 1. The number of nitrogens with one attached hydrogen (secondary N) is 1. The quantitative estimate of drug-likeness (QED) is 0.227. The van der Waals surface area contributed by atoms with E-state index in [0.29, 0.717) is 42.4 Å². The van der Waals surface area contributed by atoms with Crippen LogP contribution in [0.3, 0.4) is 0 Å². The van der Waals surface area contributed by atoms with E-state index in [1.807, 2.05) is 30.3 Å². The molecule has 1 aromatic carbocycles. The molecule has 5 heteroatoms. The second-order valence-electron chi connectivity index (χ2n) is 21.7. The third-order valence-corrected chi connectivity index (χ3v) is 19.1. The highest BCUT2D eigenvalue weighted by molar-refractivity contribution is 5.77. The molecule has 0 aromatic heterocycles. The van der Waals surface area contributed by atoms with Gasteiger partial charge in [0.15, 0.2) is 6.61 Å². The number of fused-ring (bicyclic) bond motifs is 5. The summed E-state index contributed by atoms with van der Waals surface area (Å²) in [5.41, 5.74) is -0.683. The Bertz CT molecular complexity index is 1540. The predicted molar refractivity (Wildman–Crippen MR) is 235 cm³/mol. The average molecular weight is 793 g/mol. The minimum Gasteiger partial charge on any atom is -0.484 e. The first kappa shape index (κ1) is 40.2. The van der Waals surface area contributed by atoms with Crippen LogP contribution in [0.15, 0.2) is 42.5 Å². The van der Waals surface area contributed by atoms with Gasteiger partial charge >= 0.3 is 0 Å². The van der Waals surface area contributed by atoms with Crippen LogP contribution in [-0.2, 0) is 9.53 Å².